The van der Waals surface area contributed by atoms with Crippen LogP contribution in [0.3, 0.4) is 0 Å². The van der Waals surface area contributed by atoms with Gasteiger partial charge in [0.15, 0.2) is 0 Å². The molecule has 1 aromatic heterocycles. The molecule has 1 aromatic carbocycles. The van der Waals surface area contributed by atoms with Gasteiger partial charge in [-0.25, -0.2) is 4.39 Å². The molecule has 0 saturated carbocycles. The Morgan fingerprint density at radius 2 is 1.87 bits per heavy atom. The molecule has 4 nitrogen and oxygen atoms in total. The van der Waals surface area contributed by atoms with Crippen molar-refractivity contribution in [1.82, 2.24) is 9.47 Å². The molecular formula is C17H21ClFN3O. The first-order valence-electron chi connectivity index (χ1n) is 7.94. The lowest BCUT2D eigenvalue weighted by atomic mass is 10.0. The standard InChI is InChI=1S/C17H20FN3O.ClH/c18-15-3-1-11-2-4-16(22)21-13(9-14(15)17(11)21)10-20-7-5-12(19)6-8-20;/h1-4,12-13H,5-10,19H2;1H. The molecule has 0 spiro atoms. The van der Waals surface area contributed by atoms with Gasteiger partial charge < -0.3 is 15.2 Å². The smallest absolute Gasteiger partial charge is 0.251 e. The first-order chi connectivity index (χ1) is 10.6. The van der Waals surface area contributed by atoms with E-state index in [1.165, 1.54) is 6.07 Å². The Balaban J connectivity index is 0.00000156. The molecule has 0 amide bonds. The molecule has 2 aliphatic rings. The van der Waals surface area contributed by atoms with E-state index in [0.717, 1.165) is 43.4 Å². The Morgan fingerprint density at radius 3 is 2.61 bits per heavy atom. The highest BCUT2D eigenvalue weighted by Crippen LogP contribution is 2.33. The first-order valence-corrected chi connectivity index (χ1v) is 7.94. The summed E-state index contributed by atoms with van der Waals surface area (Å²) < 4.78 is 15.9. The molecule has 2 aromatic rings. The highest BCUT2D eigenvalue weighted by molar-refractivity contribution is 5.85. The second kappa shape index (κ2) is 6.23. The van der Waals surface area contributed by atoms with Crippen molar-refractivity contribution in [2.45, 2.75) is 31.3 Å². The van der Waals surface area contributed by atoms with Gasteiger partial charge in [-0.2, -0.15) is 0 Å². The van der Waals surface area contributed by atoms with E-state index >= 15 is 0 Å². The molecule has 3 heterocycles. The van der Waals surface area contributed by atoms with E-state index in [1.54, 1.807) is 22.8 Å². The monoisotopic (exact) mass is 337 g/mol. The summed E-state index contributed by atoms with van der Waals surface area (Å²) in [5.74, 6) is -0.199. The predicted octanol–water partition coefficient (Wildman–Crippen LogP) is 2.08. The highest BCUT2D eigenvalue weighted by atomic mass is 35.5. The van der Waals surface area contributed by atoms with Crippen molar-refractivity contribution in [3.8, 4) is 0 Å². The van der Waals surface area contributed by atoms with Crippen LogP contribution in [0.4, 0.5) is 4.39 Å². The fourth-order valence-electron chi connectivity index (χ4n) is 3.86. The van der Waals surface area contributed by atoms with Gasteiger partial charge in [0.1, 0.15) is 5.82 Å². The third kappa shape index (κ3) is 2.77. The molecule has 1 fully saturated rings. The Kier molecular flexibility index (Phi) is 4.45. The molecule has 4 rings (SSSR count). The summed E-state index contributed by atoms with van der Waals surface area (Å²) in [5, 5.41) is 0.944. The minimum absolute atomic E-state index is 0. The summed E-state index contributed by atoms with van der Waals surface area (Å²) >= 11 is 0. The molecule has 1 saturated heterocycles. The van der Waals surface area contributed by atoms with Crippen LogP contribution in [0.5, 0.6) is 0 Å². The van der Waals surface area contributed by atoms with Crippen LogP contribution < -0.4 is 11.3 Å². The zero-order valence-electron chi connectivity index (χ0n) is 12.9. The van der Waals surface area contributed by atoms with E-state index < -0.39 is 0 Å². The number of piperidine rings is 1. The number of pyridine rings is 1. The van der Waals surface area contributed by atoms with Crippen LogP contribution in [0.1, 0.15) is 24.4 Å². The van der Waals surface area contributed by atoms with Crippen LogP contribution in [0.25, 0.3) is 10.9 Å². The molecule has 0 bridgehead atoms. The Morgan fingerprint density at radius 1 is 1.17 bits per heavy atom. The zero-order valence-corrected chi connectivity index (χ0v) is 13.7. The number of hydrogen-bond acceptors (Lipinski definition) is 3. The maximum atomic E-state index is 14.1. The summed E-state index contributed by atoms with van der Waals surface area (Å²) in [6.07, 6.45) is 2.59. The summed E-state index contributed by atoms with van der Waals surface area (Å²) in [6, 6.07) is 6.97. The molecule has 0 radical (unpaired) electrons. The van der Waals surface area contributed by atoms with Gasteiger partial charge in [0.25, 0.3) is 5.56 Å². The van der Waals surface area contributed by atoms with Crippen LogP contribution >= 0.6 is 12.4 Å². The van der Waals surface area contributed by atoms with Gasteiger partial charge in [-0.15, -0.1) is 12.4 Å². The molecule has 1 atom stereocenters. The lowest BCUT2D eigenvalue weighted by Crippen LogP contribution is -2.42. The maximum absolute atomic E-state index is 14.1. The SMILES string of the molecule is Cl.NC1CCN(CC2Cc3c(F)ccc4ccc(=O)n2c34)CC1. The van der Waals surface area contributed by atoms with Crippen molar-refractivity contribution in [1.29, 1.82) is 0 Å². The van der Waals surface area contributed by atoms with E-state index in [1.807, 2.05) is 0 Å². The average Bonchev–Trinajstić information content (AvgIpc) is 2.89. The zero-order chi connectivity index (χ0) is 15.3. The second-order valence-electron chi connectivity index (χ2n) is 6.50. The Labute approximate surface area is 140 Å². The fraction of sp³-hybridized carbons (Fsp3) is 0.471. The van der Waals surface area contributed by atoms with Gasteiger partial charge in [-0.1, -0.05) is 0 Å². The van der Waals surface area contributed by atoms with Crippen LogP contribution in [-0.4, -0.2) is 35.1 Å². The summed E-state index contributed by atoms with van der Waals surface area (Å²) in [4.78, 5) is 14.7. The number of rotatable bonds is 2. The van der Waals surface area contributed by atoms with Gasteiger partial charge in [0.2, 0.25) is 0 Å². The van der Waals surface area contributed by atoms with Crippen molar-refractivity contribution in [3.05, 3.63) is 46.0 Å². The van der Waals surface area contributed by atoms with Crippen molar-refractivity contribution in [2.75, 3.05) is 19.6 Å². The van der Waals surface area contributed by atoms with E-state index in [0.29, 0.717) is 18.0 Å². The lowest BCUT2D eigenvalue weighted by Gasteiger charge is -2.32. The molecule has 0 aliphatic carbocycles. The van der Waals surface area contributed by atoms with Crippen LogP contribution in [0.15, 0.2) is 29.1 Å². The third-order valence-corrected chi connectivity index (χ3v) is 5.05. The van der Waals surface area contributed by atoms with Crippen molar-refractivity contribution >= 4 is 23.3 Å². The van der Waals surface area contributed by atoms with E-state index in [9.17, 15) is 9.18 Å². The summed E-state index contributed by atoms with van der Waals surface area (Å²) in [5.41, 5.74) is 7.39. The van der Waals surface area contributed by atoms with E-state index in [2.05, 4.69) is 4.90 Å². The molecule has 2 N–H and O–H groups in total. The third-order valence-electron chi connectivity index (χ3n) is 5.05. The number of aromatic nitrogens is 1. The van der Waals surface area contributed by atoms with Crippen LogP contribution in [0, 0.1) is 5.82 Å². The van der Waals surface area contributed by atoms with Crippen molar-refractivity contribution in [2.24, 2.45) is 5.73 Å². The maximum Gasteiger partial charge on any atom is 0.251 e. The van der Waals surface area contributed by atoms with Gasteiger partial charge in [-0.05, 0) is 55.9 Å². The predicted molar refractivity (Wildman–Crippen MR) is 91.8 cm³/mol. The van der Waals surface area contributed by atoms with Crippen molar-refractivity contribution in [3.63, 3.8) is 0 Å². The molecule has 2 aliphatic heterocycles. The van der Waals surface area contributed by atoms with E-state index in [4.69, 9.17) is 5.73 Å². The van der Waals surface area contributed by atoms with Crippen molar-refractivity contribution < 1.29 is 4.39 Å². The quantitative estimate of drug-likeness (QED) is 0.913. The number of benzene rings is 1. The van der Waals surface area contributed by atoms with Crippen LogP contribution in [0.2, 0.25) is 0 Å². The van der Waals surface area contributed by atoms with Gasteiger partial charge in [0, 0.05) is 24.2 Å². The van der Waals surface area contributed by atoms with Gasteiger partial charge in [-0.3, -0.25) is 4.79 Å². The largest absolute Gasteiger partial charge is 0.328 e. The summed E-state index contributed by atoms with van der Waals surface area (Å²) in [6.45, 7) is 2.71. The number of halogens is 2. The topological polar surface area (TPSA) is 51.3 Å². The Bertz CT molecular complexity index is 783. The average molecular weight is 338 g/mol. The molecule has 1 unspecified atom stereocenters. The number of nitrogens with zero attached hydrogens (tertiary/aromatic N) is 2. The molecule has 23 heavy (non-hydrogen) atoms. The van der Waals surface area contributed by atoms with Gasteiger partial charge in [0.05, 0.1) is 11.6 Å². The van der Waals surface area contributed by atoms with Gasteiger partial charge >= 0.3 is 0 Å². The lowest BCUT2D eigenvalue weighted by molar-refractivity contribution is 0.186. The number of likely N-dealkylation sites (tertiary alicyclic amines) is 1. The molecular weight excluding hydrogens is 317 g/mol. The second-order valence-corrected chi connectivity index (χ2v) is 6.50. The molecule has 124 valence electrons. The highest BCUT2D eigenvalue weighted by Gasteiger charge is 2.29. The minimum Gasteiger partial charge on any atom is -0.328 e. The number of nitrogens with two attached hydrogens (primary N) is 1. The normalized spacial score (nSPS) is 21.6. The fourth-order valence-corrected chi connectivity index (χ4v) is 3.86. The number of hydrogen-bond donors (Lipinski definition) is 1. The van der Waals surface area contributed by atoms with Crippen LogP contribution in [-0.2, 0) is 6.42 Å². The van der Waals surface area contributed by atoms with E-state index in [-0.39, 0.29) is 29.8 Å². The molecule has 6 heteroatoms. The summed E-state index contributed by atoms with van der Waals surface area (Å²) in [7, 11) is 0. The Hall–Kier alpha value is -1.43. The first kappa shape index (κ1) is 16.4. The minimum atomic E-state index is -0.199.